The Balaban J connectivity index is 2.24. The van der Waals surface area contributed by atoms with Crippen LogP contribution in [0.15, 0.2) is 0 Å². The molecule has 0 bridgehead atoms. The van der Waals surface area contributed by atoms with E-state index in [9.17, 15) is 18.0 Å². The van der Waals surface area contributed by atoms with Gasteiger partial charge >= 0.3 is 6.18 Å². The van der Waals surface area contributed by atoms with Crippen molar-refractivity contribution in [2.75, 3.05) is 13.1 Å². The SMILES string of the molecule is CCC(CCCC(=O)N1CCCC1)C(F)(F)F. The minimum absolute atomic E-state index is 0.0135. The number of halogens is 3. The van der Waals surface area contributed by atoms with Crippen LogP contribution in [0.25, 0.3) is 0 Å². The van der Waals surface area contributed by atoms with Gasteiger partial charge in [-0.1, -0.05) is 6.92 Å². The van der Waals surface area contributed by atoms with Gasteiger partial charge in [-0.15, -0.1) is 0 Å². The highest BCUT2D eigenvalue weighted by molar-refractivity contribution is 5.76. The van der Waals surface area contributed by atoms with E-state index in [0.29, 0.717) is 6.42 Å². The zero-order chi connectivity index (χ0) is 12.9. The minimum Gasteiger partial charge on any atom is -0.343 e. The number of alkyl halides is 3. The molecular formula is C12H20F3NO. The van der Waals surface area contributed by atoms with Crippen LogP contribution in [-0.2, 0) is 4.79 Å². The molecule has 1 aliphatic rings. The smallest absolute Gasteiger partial charge is 0.343 e. The predicted molar refractivity (Wildman–Crippen MR) is 59.5 cm³/mol. The highest BCUT2D eigenvalue weighted by Crippen LogP contribution is 2.32. The maximum atomic E-state index is 12.5. The lowest BCUT2D eigenvalue weighted by molar-refractivity contribution is -0.177. The summed E-state index contributed by atoms with van der Waals surface area (Å²) in [6.45, 7) is 3.09. The molecule has 17 heavy (non-hydrogen) atoms. The van der Waals surface area contributed by atoms with E-state index < -0.39 is 12.1 Å². The number of nitrogens with zero attached hydrogens (tertiary/aromatic N) is 1. The zero-order valence-corrected chi connectivity index (χ0v) is 10.2. The van der Waals surface area contributed by atoms with E-state index in [0.717, 1.165) is 25.9 Å². The van der Waals surface area contributed by atoms with Crippen LogP contribution in [-0.4, -0.2) is 30.1 Å². The van der Waals surface area contributed by atoms with Gasteiger partial charge in [-0.3, -0.25) is 4.79 Å². The molecule has 0 N–H and O–H groups in total. The highest BCUT2D eigenvalue weighted by Gasteiger charge is 2.37. The van der Waals surface area contributed by atoms with Crippen LogP contribution in [0.4, 0.5) is 13.2 Å². The second kappa shape index (κ2) is 6.26. The molecule has 0 aromatic carbocycles. The van der Waals surface area contributed by atoms with Crippen molar-refractivity contribution in [1.82, 2.24) is 4.90 Å². The molecule has 0 aromatic heterocycles. The van der Waals surface area contributed by atoms with Crippen LogP contribution < -0.4 is 0 Å². The summed E-state index contributed by atoms with van der Waals surface area (Å²) < 4.78 is 37.4. The standard InChI is InChI=1S/C12H20F3NO/c1-2-10(12(13,14)15)6-5-7-11(17)16-8-3-4-9-16/h10H,2-9H2,1H3. The Morgan fingerprint density at radius 3 is 2.35 bits per heavy atom. The van der Waals surface area contributed by atoms with Crippen LogP contribution in [0.1, 0.15) is 45.4 Å². The number of carbonyl (C=O) groups excluding carboxylic acids is 1. The molecule has 1 fully saturated rings. The van der Waals surface area contributed by atoms with E-state index in [1.165, 1.54) is 0 Å². The molecule has 1 aliphatic heterocycles. The van der Waals surface area contributed by atoms with Gasteiger partial charge in [0.2, 0.25) is 5.91 Å². The van der Waals surface area contributed by atoms with E-state index in [1.54, 1.807) is 11.8 Å². The molecule has 0 saturated carbocycles. The van der Waals surface area contributed by atoms with E-state index in [4.69, 9.17) is 0 Å². The van der Waals surface area contributed by atoms with Gasteiger partial charge < -0.3 is 4.90 Å². The fourth-order valence-corrected chi connectivity index (χ4v) is 2.22. The van der Waals surface area contributed by atoms with Crippen molar-refractivity contribution in [1.29, 1.82) is 0 Å². The zero-order valence-electron chi connectivity index (χ0n) is 10.2. The number of hydrogen-bond acceptors (Lipinski definition) is 1. The van der Waals surface area contributed by atoms with Crippen molar-refractivity contribution in [2.24, 2.45) is 5.92 Å². The normalized spacial score (nSPS) is 18.5. The average molecular weight is 251 g/mol. The third-order valence-electron chi connectivity index (χ3n) is 3.36. The fraction of sp³-hybridized carbons (Fsp3) is 0.917. The lowest BCUT2D eigenvalue weighted by atomic mass is 9.98. The summed E-state index contributed by atoms with van der Waals surface area (Å²) in [4.78, 5) is 13.4. The van der Waals surface area contributed by atoms with Crippen molar-refractivity contribution >= 4 is 5.91 Å². The first-order valence-corrected chi connectivity index (χ1v) is 6.29. The van der Waals surface area contributed by atoms with Crippen molar-refractivity contribution < 1.29 is 18.0 Å². The van der Waals surface area contributed by atoms with Crippen LogP contribution in [0, 0.1) is 5.92 Å². The lowest BCUT2D eigenvalue weighted by Gasteiger charge is -2.19. The molecule has 1 rings (SSSR count). The number of likely N-dealkylation sites (tertiary alicyclic amines) is 1. The predicted octanol–water partition coefficient (Wildman–Crippen LogP) is 3.37. The third-order valence-corrected chi connectivity index (χ3v) is 3.36. The molecule has 2 nitrogen and oxygen atoms in total. The first-order valence-electron chi connectivity index (χ1n) is 6.29. The molecule has 100 valence electrons. The summed E-state index contributed by atoms with van der Waals surface area (Å²) in [5, 5.41) is 0. The Hall–Kier alpha value is -0.740. The van der Waals surface area contributed by atoms with Crippen LogP contribution in [0.2, 0.25) is 0 Å². The van der Waals surface area contributed by atoms with Crippen LogP contribution >= 0.6 is 0 Å². The first-order chi connectivity index (χ1) is 7.95. The number of hydrogen-bond donors (Lipinski definition) is 0. The first kappa shape index (κ1) is 14.3. The Morgan fingerprint density at radius 2 is 1.88 bits per heavy atom. The minimum atomic E-state index is -4.12. The quantitative estimate of drug-likeness (QED) is 0.733. The molecule has 0 aromatic rings. The maximum Gasteiger partial charge on any atom is 0.391 e. The molecule has 1 heterocycles. The maximum absolute atomic E-state index is 12.5. The molecule has 1 saturated heterocycles. The summed E-state index contributed by atoms with van der Waals surface area (Å²) >= 11 is 0. The topological polar surface area (TPSA) is 20.3 Å². The molecule has 1 amide bonds. The molecule has 0 aliphatic carbocycles. The third kappa shape index (κ3) is 4.56. The Bertz CT molecular complexity index is 247. The second-order valence-corrected chi connectivity index (χ2v) is 4.63. The second-order valence-electron chi connectivity index (χ2n) is 4.63. The van der Waals surface area contributed by atoms with Crippen LogP contribution in [0.3, 0.4) is 0 Å². The summed E-state index contributed by atoms with van der Waals surface area (Å²) in [5.41, 5.74) is 0. The van der Waals surface area contributed by atoms with Gasteiger partial charge in [-0.2, -0.15) is 13.2 Å². The molecule has 0 radical (unpaired) electrons. The molecular weight excluding hydrogens is 231 g/mol. The van der Waals surface area contributed by atoms with Gasteiger partial charge in [0.25, 0.3) is 0 Å². The molecule has 0 spiro atoms. The molecule has 1 unspecified atom stereocenters. The molecule has 5 heteroatoms. The highest BCUT2D eigenvalue weighted by atomic mass is 19.4. The summed E-state index contributed by atoms with van der Waals surface area (Å²) in [6, 6.07) is 0. The average Bonchev–Trinajstić information content (AvgIpc) is 2.75. The lowest BCUT2D eigenvalue weighted by Crippen LogP contribution is -2.28. The van der Waals surface area contributed by atoms with Gasteiger partial charge in [-0.25, -0.2) is 0 Å². The van der Waals surface area contributed by atoms with Gasteiger partial charge in [0.15, 0.2) is 0 Å². The monoisotopic (exact) mass is 251 g/mol. The Morgan fingerprint density at radius 1 is 1.29 bits per heavy atom. The summed E-state index contributed by atoms with van der Waals surface area (Å²) in [7, 11) is 0. The summed E-state index contributed by atoms with van der Waals surface area (Å²) in [6.07, 6.45) is -1.32. The van der Waals surface area contributed by atoms with Crippen LogP contribution in [0.5, 0.6) is 0 Å². The van der Waals surface area contributed by atoms with Crippen molar-refractivity contribution in [3.05, 3.63) is 0 Å². The number of rotatable bonds is 5. The Kier molecular flexibility index (Phi) is 5.28. The van der Waals surface area contributed by atoms with E-state index in [-0.39, 0.29) is 25.2 Å². The van der Waals surface area contributed by atoms with E-state index in [1.807, 2.05) is 0 Å². The summed E-state index contributed by atoms with van der Waals surface area (Å²) in [5.74, 6) is -1.24. The van der Waals surface area contributed by atoms with Crippen molar-refractivity contribution in [3.63, 3.8) is 0 Å². The van der Waals surface area contributed by atoms with E-state index in [2.05, 4.69) is 0 Å². The van der Waals surface area contributed by atoms with E-state index >= 15 is 0 Å². The van der Waals surface area contributed by atoms with Gasteiger partial charge in [0.05, 0.1) is 5.92 Å². The van der Waals surface area contributed by atoms with Gasteiger partial charge in [0, 0.05) is 19.5 Å². The van der Waals surface area contributed by atoms with Crippen molar-refractivity contribution in [2.45, 2.75) is 51.6 Å². The number of amides is 1. The largest absolute Gasteiger partial charge is 0.391 e. The van der Waals surface area contributed by atoms with Crippen molar-refractivity contribution in [3.8, 4) is 0 Å². The fourth-order valence-electron chi connectivity index (χ4n) is 2.22. The van der Waals surface area contributed by atoms with Gasteiger partial charge in [0.1, 0.15) is 0 Å². The number of carbonyl (C=O) groups is 1. The van der Waals surface area contributed by atoms with Gasteiger partial charge in [-0.05, 0) is 32.1 Å². The molecule has 1 atom stereocenters. The Labute approximate surface area is 100 Å².